The largest absolute Gasteiger partial charge is 0.496 e. The van der Waals surface area contributed by atoms with E-state index in [1.54, 1.807) is 7.11 Å². The van der Waals surface area contributed by atoms with E-state index in [0.717, 1.165) is 5.75 Å². The zero-order chi connectivity index (χ0) is 13.3. The summed E-state index contributed by atoms with van der Waals surface area (Å²) < 4.78 is 5.58. The maximum Gasteiger partial charge on any atom is 0.125 e. The first-order chi connectivity index (χ1) is 7.68. The van der Waals surface area contributed by atoms with Gasteiger partial charge in [0.2, 0.25) is 0 Å². The number of methoxy groups -OCH3 is 1. The maximum absolute atomic E-state index is 5.58. The van der Waals surface area contributed by atoms with Crippen LogP contribution in [0.2, 0.25) is 39.3 Å². The molecule has 0 aliphatic heterocycles. The third-order valence-electron chi connectivity index (χ3n) is 2.67. The summed E-state index contributed by atoms with van der Waals surface area (Å²) in [6, 6.07) is 8.64. The van der Waals surface area contributed by atoms with Gasteiger partial charge in [0, 0.05) is 5.30 Å². The van der Waals surface area contributed by atoms with Gasteiger partial charge in [-0.05, 0) is 6.07 Å². The van der Waals surface area contributed by atoms with Crippen LogP contribution in [0, 0.1) is 0 Å². The van der Waals surface area contributed by atoms with Crippen LogP contribution in [-0.2, 0) is 0 Å². The van der Waals surface area contributed by atoms with Crippen molar-refractivity contribution in [2.45, 2.75) is 39.3 Å². The lowest BCUT2D eigenvalue weighted by atomic mass is 10.3. The fourth-order valence-electron chi connectivity index (χ4n) is 2.54. The third-order valence-corrected chi connectivity index (χ3v) is 27.8. The van der Waals surface area contributed by atoms with Crippen molar-refractivity contribution in [3.63, 3.8) is 0 Å². The SMILES string of the molecule is COc1ccccc1P([Si](C)(C)C)[Si](C)(C)C. The molecular formula is C13H25OPSi2. The first-order valence-electron chi connectivity index (χ1n) is 6.11. The van der Waals surface area contributed by atoms with Crippen molar-refractivity contribution in [2.75, 3.05) is 7.11 Å². The van der Waals surface area contributed by atoms with Crippen LogP contribution in [0.5, 0.6) is 5.75 Å². The fraction of sp³-hybridized carbons (Fsp3) is 0.538. The van der Waals surface area contributed by atoms with Gasteiger partial charge in [-0.15, -0.1) is 0 Å². The van der Waals surface area contributed by atoms with E-state index in [1.807, 2.05) is 0 Å². The minimum Gasteiger partial charge on any atom is -0.496 e. The van der Waals surface area contributed by atoms with E-state index >= 15 is 0 Å². The smallest absolute Gasteiger partial charge is 0.125 e. The highest BCUT2D eigenvalue weighted by Gasteiger charge is 2.39. The van der Waals surface area contributed by atoms with E-state index in [9.17, 15) is 0 Å². The molecule has 0 saturated heterocycles. The van der Waals surface area contributed by atoms with Crippen molar-refractivity contribution < 1.29 is 4.74 Å². The number of hydrogen-bond donors (Lipinski definition) is 0. The van der Waals surface area contributed by atoms with Gasteiger partial charge in [0.25, 0.3) is 0 Å². The van der Waals surface area contributed by atoms with Gasteiger partial charge in [-0.25, -0.2) is 0 Å². The summed E-state index contributed by atoms with van der Waals surface area (Å²) in [6.07, 6.45) is 0. The fourth-order valence-corrected chi connectivity index (χ4v) is 36.2. The number of ether oxygens (including phenoxy) is 1. The Kier molecular flexibility index (Phi) is 4.62. The predicted octanol–water partition coefficient (Wildman–Crippen LogP) is 4.47. The van der Waals surface area contributed by atoms with Crippen molar-refractivity contribution in [2.24, 2.45) is 0 Å². The van der Waals surface area contributed by atoms with Crippen molar-refractivity contribution >= 4 is 27.8 Å². The van der Waals surface area contributed by atoms with Gasteiger partial charge in [0.05, 0.1) is 22.6 Å². The molecule has 1 rings (SSSR count). The first kappa shape index (κ1) is 14.9. The van der Waals surface area contributed by atoms with Crippen LogP contribution < -0.4 is 10.0 Å². The number of benzene rings is 1. The number of para-hydroxylation sites is 1. The van der Waals surface area contributed by atoms with Crippen LogP contribution in [0.4, 0.5) is 0 Å². The summed E-state index contributed by atoms with van der Waals surface area (Å²) in [4.78, 5) is 0. The summed E-state index contributed by atoms with van der Waals surface area (Å²) in [7, 11) is -0.547. The second-order valence-corrected chi connectivity index (χ2v) is 28.3. The molecule has 0 unspecified atom stereocenters. The molecule has 0 aliphatic rings. The molecule has 0 saturated carbocycles. The van der Waals surface area contributed by atoms with Crippen molar-refractivity contribution in [1.82, 2.24) is 0 Å². The van der Waals surface area contributed by atoms with Crippen LogP contribution in [-0.4, -0.2) is 22.6 Å². The highest BCUT2D eigenvalue weighted by atomic mass is 31.6. The number of hydrogen-bond acceptors (Lipinski definition) is 1. The Balaban J connectivity index is 3.33. The first-order valence-corrected chi connectivity index (χ1v) is 16.1. The quantitative estimate of drug-likeness (QED) is 0.585. The zero-order valence-corrected chi connectivity index (χ0v) is 15.1. The van der Waals surface area contributed by atoms with Crippen molar-refractivity contribution in [3.8, 4) is 5.75 Å². The monoisotopic (exact) mass is 284 g/mol. The Morgan fingerprint density at radius 3 is 1.76 bits per heavy atom. The summed E-state index contributed by atoms with van der Waals surface area (Å²) >= 11 is 0. The maximum atomic E-state index is 5.58. The van der Waals surface area contributed by atoms with Gasteiger partial charge in [0.15, 0.2) is 0 Å². The molecule has 0 amide bonds. The Morgan fingerprint density at radius 1 is 0.882 bits per heavy atom. The van der Waals surface area contributed by atoms with Gasteiger partial charge in [-0.3, -0.25) is 0 Å². The lowest BCUT2D eigenvalue weighted by Crippen LogP contribution is -2.37. The Labute approximate surface area is 109 Å². The Morgan fingerprint density at radius 2 is 1.35 bits per heavy atom. The topological polar surface area (TPSA) is 9.23 Å². The molecule has 1 aromatic carbocycles. The average molecular weight is 284 g/mol. The molecule has 0 heterocycles. The molecule has 0 fully saturated rings. The highest BCUT2D eigenvalue weighted by molar-refractivity contribution is 8.22. The third kappa shape index (κ3) is 3.67. The summed E-state index contributed by atoms with van der Waals surface area (Å²) in [5.41, 5.74) is 0. The van der Waals surface area contributed by atoms with Gasteiger partial charge >= 0.3 is 0 Å². The molecule has 4 heteroatoms. The molecule has 0 aromatic heterocycles. The minimum absolute atomic E-state index is 0.0117. The van der Waals surface area contributed by atoms with E-state index in [2.05, 4.69) is 63.5 Å². The standard InChI is InChI=1S/C13H25OPSi2/c1-14-12-10-8-9-11-13(12)15(16(2,3)4)17(5,6)7/h8-11H,1-7H3. The second kappa shape index (κ2) is 5.25. The predicted molar refractivity (Wildman–Crippen MR) is 86.2 cm³/mol. The molecule has 0 atom stereocenters. The van der Waals surface area contributed by atoms with E-state index in [-0.39, 0.29) is 7.02 Å². The highest BCUT2D eigenvalue weighted by Crippen LogP contribution is 2.55. The van der Waals surface area contributed by atoms with Gasteiger partial charge in [-0.1, -0.05) is 64.5 Å². The average Bonchev–Trinajstić information content (AvgIpc) is 2.14. The Bertz CT molecular complexity index is 366. The minimum atomic E-state index is -1.16. The van der Waals surface area contributed by atoms with Crippen LogP contribution in [0.25, 0.3) is 0 Å². The molecule has 1 nitrogen and oxygen atoms in total. The van der Waals surface area contributed by atoms with Crippen LogP contribution >= 0.6 is 7.02 Å². The van der Waals surface area contributed by atoms with Gasteiger partial charge < -0.3 is 4.74 Å². The Hall–Kier alpha value is -0.116. The summed E-state index contributed by atoms with van der Waals surface area (Å²) in [5.74, 6) is 1.10. The van der Waals surface area contributed by atoms with Crippen LogP contribution in [0.1, 0.15) is 0 Å². The lowest BCUT2D eigenvalue weighted by molar-refractivity contribution is 0.418. The molecule has 96 valence electrons. The van der Waals surface area contributed by atoms with Gasteiger partial charge in [-0.2, -0.15) is 0 Å². The molecule has 0 radical (unpaired) electrons. The van der Waals surface area contributed by atoms with E-state index in [4.69, 9.17) is 4.74 Å². The summed E-state index contributed by atoms with van der Waals surface area (Å²) in [6.45, 7) is 15.0. The summed E-state index contributed by atoms with van der Waals surface area (Å²) in [5, 5.41) is 1.50. The molecule has 0 aliphatic carbocycles. The van der Waals surface area contributed by atoms with Crippen molar-refractivity contribution in [1.29, 1.82) is 0 Å². The molecular weight excluding hydrogens is 259 g/mol. The number of rotatable bonds is 4. The van der Waals surface area contributed by atoms with Crippen molar-refractivity contribution in [3.05, 3.63) is 24.3 Å². The molecule has 0 N–H and O–H groups in total. The molecule has 17 heavy (non-hydrogen) atoms. The lowest BCUT2D eigenvalue weighted by Gasteiger charge is -2.40. The molecule has 0 bridgehead atoms. The van der Waals surface area contributed by atoms with Crippen LogP contribution in [0.15, 0.2) is 24.3 Å². The van der Waals surface area contributed by atoms with E-state index in [0.29, 0.717) is 0 Å². The van der Waals surface area contributed by atoms with E-state index in [1.165, 1.54) is 5.30 Å². The second-order valence-electron chi connectivity index (χ2n) is 6.35. The molecule has 0 spiro atoms. The van der Waals surface area contributed by atoms with E-state index < -0.39 is 15.5 Å². The normalized spacial score (nSPS) is 12.9. The van der Waals surface area contributed by atoms with Crippen LogP contribution in [0.3, 0.4) is 0 Å². The zero-order valence-electron chi connectivity index (χ0n) is 12.2. The van der Waals surface area contributed by atoms with Gasteiger partial charge in [0.1, 0.15) is 5.75 Å². The molecule has 1 aromatic rings.